The number of thiophene rings is 1. The molecule has 0 spiro atoms. The van der Waals surface area contributed by atoms with E-state index in [1.54, 1.807) is 16.3 Å². The van der Waals surface area contributed by atoms with Crippen molar-refractivity contribution in [1.82, 2.24) is 9.62 Å². The van der Waals surface area contributed by atoms with Gasteiger partial charge in [-0.3, -0.25) is 4.79 Å². The highest BCUT2D eigenvalue weighted by molar-refractivity contribution is 7.91. The Kier molecular flexibility index (Phi) is 5.95. The molecular formula is C18H22N2O4S2. The summed E-state index contributed by atoms with van der Waals surface area (Å²) in [4.78, 5) is 14.3. The lowest BCUT2D eigenvalue weighted by molar-refractivity contribution is -0.131. The van der Waals surface area contributed by atoms with Crippen molar-refractivity contribution < 1.29 is 17.9 Å². The summed E-state index contributed by atoms with van der Waals surface area (Å²) in [5, 5.41) is 1.69. The van der Waals surface area contributed by atoms with E-state index in [0.29, 0.717) is 13.2 Å². The number of amides is 1. The number of sulfonamides is 1. The first-order valence-corrected chi connectivity index (χ1v) is 10.9. The Morgan fingerprint density at radius 2 is 2.00 bits per heavy atom. The molecule has 1 aromatic carbocycles. The summed E-state index contributed by atoms with van der Waals surface area (Å²) in [7, 11) is -3.63. The van der Waals surface area contributed by atoms with Gasteiger partial charge in [-0.25, -0.2) is 13.1 Å². The predicted octanol–water partition coefficient (Wildman–Crippen LogP) is 2.62. The molecule has 0 atom stereocenters. The summed E-state index contributed by atoms with van der Waals surface area (Å²) in [5.74, 6) is 0.589. The van der Waals surface area contributed by atoms with E-state index < -0.39 is 10.0 Å². The number of carbonyl (C=O) groups is 1. The van der Waals surface area contributed by atoms with Crippen LogP contribution in [0.5, 0.6) is 5.75 Å². The number of hydrogen-bond acceptors (Lipinski definition) is 5. The van der Waals surface area contributed by atoms with E-state index in [2.05, 4.69) is 4.72 Å². The molecule has 8 heteroatoms. The molecule has 0 bridgehead atoms. The molecule has 1 N–H and O–H groups in total. The van der Waals surface area contributed by atoms with Crippen LogP contribution in [0.2, 0.25) is 0 Å². The molecule has 1 saturated carbocycles. The molecule has 3 rings (SSSR count). The minimum absolute atomic E-state index is 0.195. The van der Waals surface area contributed by atoms with Crippen LogP contribution in [-0.2, 0) is 21.4 Å². The van der Waals surface area contributed by atoms with Gasteiger partial charge in [-0.15, -0.1) is 11.3 Å². The van der Waals surface area contributed by atoms with Crippen molar-refractivity contribution >= 4 is 27.3 Å². The van der Waals surface area contributed by atoms with E-state index in [1.807, 2.05) is 31.2 Å². The number of ether oxygens (including phenoxy) is 1. The van der Waals surface area contributed by atoms with Gasteiger partial charge in [0.2, 0.25) is 5.91 Å². The number of rotatable bonds is 9. The van der Waals surface area contributed by atoms with Crippen molar-refractivity contribution in [3.05, 3.63) is 47.3 Å². The molecule has 26 heavy (non-hydrogen) atoms. The Labute approximate surface area is 157 Å². The first-order valence-electron chi connectivity index (χ1n) is 8.54. The average Bonchev–Trinajstić information content (AvgIpc) is 3.31. The van der Waals surface area contributed by atoms with E-state index in [1.165, 1.54) is 6.07 Å². The normalized spacial score (nSPS) is 14.2. The number of nitrogens with one attached hydrogen (secondary N) is 1. The van der Waals surface area contributed by atoms with E-state index >= 15 is 0 Å². The Bertz CT molecular complexity index is 829. The fourth-order valence-corrected chi connectivity index (χ4v) is 4.62. The molecular weight excluding hydrogens is 372 g/mol. The van der Waals surface area contributed by atoms with Crippen LogP contribution in [0.25, 0.3) is 0 Å². The summed E-state index contributed by atoms with van der Waals surface area (Å²) in [6, 6.07) is 11.0. The molecule has 1 aliphatic carbocycles. The summed E-state index contributed by atoms with van der Waals surface area (Å²) < 4.78 is 32.4. The highest BCUT2D eigenvalue weighted by atomic mass is 32.2. The van der Waals surface area contributed by atoms with Crippen molar-refractivity contribution in [3.63, 3.8) is 0 Å². The maximum Gasteiger partial charge on any atom is 0.250 e. The molecule has 1 amide bonds. The van der Waals surface area contributed by atoms with Gasteiger partial charge in [0.25, 0.3) is 10.0 Å². The van der Waals surface area contributed by atoms with E-state index in [4.69, 9.17) is 4.74 Å². The second kappa shape index (κ2) is 8.20. The lowest BCUT2D eigenvalue weighted by Crippen LogP contribution is -2.40. The van der Waals surface area contributed by atoms with Gasteiger partial charge in [0.1, 0.15) is 9.96 Å². The fraction of sp³-hybridized carbons (Fsp3) is 0.389. The highest BCUT2D eigenvalue weighted by Crippen LogP contribution is 2.29. The van der Waals surface area contributed by atoms with Crippen LogP contribution >= 0.6 is 11.3 Å². The smallest absolute Gasteiger partial charge is 0.250 e. The van der Waals surface area contributed by atoms with Gasteiger partial charge in [0, 0.05) is 12.6 Å². The Balaban J connectivity index is 1.61. The summed E-state index contributed by atoms with van der Waals surface area (Å²) in [5.41, 5.74) is 0.995. The van der Waals surface area contributed by atoms with Gasteiger partial charge >= 0.3 is 0 Å². The number of nitrogens with zero attached hydrogens (tertiary/aromatic N) is 1. The molecule has 1 fully saturated rings. The van der Waals surface area contributed by atoms with Crippen molar-refractivity contribution in [1.29, 1.82) is 0 Å². The lowest BCUT2D eigenvalue weighted by Gasteiger charge is -2.23. The van der Waals surface area contributed by atoms with Crippen molar-refractivity contribution in [2.24, 2.45) is 0 Å². The molecule has 0 radical (unpaired) electrons. The second-order valence-corrected chi connectivity index (χ2v) is 9.03. The highest BCUT2D eigenvalue weighted by Gasteiger charge is 2.33. The minimum atomic E-state index is -3.63. The van der Waals surface area contributed by atoms with Crippen LogP contribution in [0.15, 0.2) is 46.0 Å². The molecule has 2 aromatic rings. The molecule has 1 aromatic heterocycles. The third-order valence-electron chi connectivity index (χ3n) is 4.07. The van der Waals surface area contributed by atoms with Crippen LogP contribution in [0.4, 0.5) is 0 Å². The van der Waals surface area contributed by atoms with Gasteiger partial charge in [-0.05, 0) is 48.9 Å². The Hall–Kier alpha value is -1.90. The minimum Gasteiger partial charge on any atom is -0.494 e. The summed E-state index contributed by atoms with van der Waals surface area (Å²) >= 11 is 1.13. The number of benzene rings is 1. The van der Waals surface area contributed by atoms with Gasteiger partial charge in [0.15, 0.2) is 0 Å². The molecule has 6 nitrogen and oxygen atoms in total. The third-order valence-corrected chi connectivity index (χ3v) is 6.87. The SMILES string of the molecule is CCOc1ccc(CN(C(=O)CNS(=O)(=O)c2cccs2)C2CC2)cc1. The van der Waals surface area contributed by atoms with Crippen LogP contribution in [0.1, 0.15) is 25.3 Å². The van der Waals surface area contributed by atoms with E-state index in [9.17, 15) is 13.2 Å². The largest absolute Gasteiger partial charge is 0.494 e. The molecule has 140 valence electrons. The third kappa shape index (κ3) is 4.84. The molecule has 0 aliphatic heterocycles. The van der Waals surface area contributed by atoms with Crippen molar-refractivity contribution in [2.45, 2.75) is 36.6 Å². The van der Waals surface area contributed by atoms with Crippen molar-refractivity contribution in [3.8, 4) is 5.75 Å². The van der Waals surface area contributed by atoms with Crippen LogP contribution < -0.4 is 9.46 Å². The first-order chi connectivity index (χ1) is 12.5. The van der Waals surface area contributed by atoms with Crippen molar-refractivity contribution in [2.75, 3.05) is 13.2 Å². The van der Waals surface area contributed by atoms with Gasteiger partial charge in [0.05, 0.1) is 13.2 Å². The standard InChI is InChI=1S/C18H22N2O4S2/c1-2-24-16-9-5-14(6-10-16)13-20(15-7-8-15)17(21)12-19-26(22,23)18-4-3-11-25-18/h3-6,9-11,15,19H,2,7-8,12-13H2,1H3. The quantitative estimate of drug-likeness (QED) is 0.709. The lowest BCUT2D eigenvalue weighted by atomic mass is 10.2. The van der Waals surface area contributed by atoms with Gasteiger partial charge in [-0.2, -0.15) is 0 Å². The zero-order chi connectivity index (χ0) is 18.6. The molecule has 1 aliphatic rings. The molecule has 0 unspecified atom stereocenters. The zero-order valence-electron chi connectivity index (χ0n) is 14.6. The van der Waals surface area contributed by atoms with Gasteiger partial charge in [-0.1, -0.05) is 18.2 Å². The predicted molar refractivity (Wildman–Crippen MR) is 101 cm³/mol. The van der Waals surface area contributed by atoms with Gasteiger partial charge < -0.3 is 9.64 Å². The summed E-state index contributed by atoms with van der Waals surface area (Å²) in [6.07, 6.45) is 1.92. The Morgan fingerprint density at radius 1 is 1.27 bits per heavy atom. The maximum absolute atomic E-state index is 12.6. The molecule has 1 heterocycles. The second-order valence-electron chi connectivity index (χ2n) is 6.09. The van der Waals surface area contributed by atoms with Crippen LogP contribution in [0.3, 0.4) is 0 Å². The fourth-order valence-electron chi connectivity index (χ4n) is 2.61. The summed E-state index contributed by atoms with van der Waals surface area (Å²) in [6.45, 7) is 2.78. The zero-order valence-corrected chi connectivity index (χ0v) is 16.2. The average molecular weight is 395 g/mol. The number of hydrogen-bond donors (Lipinski definition) is 1. The van der Waals surface area contributed by atoms with Crippen LogP contribution in [0, 0.1) is 0 Å². The Morgan fingerprint density at radius 3 is 2.58 bits per heavy atom. The molecule has 0 saturated heterocycles. The van der Waals surface area contributed by atoms with E-state index in [0.717, 1.165) is 35.5 Å². The number of carbonyl (C=O) groups excluding carboxylic acids is 1. The first kappa shape index (κ1) is 18.9. The van der Waals surface area contributed by atoms with Crippen LogP contribution in [-0.4, -0.2) is 38.4 Å². The maximum atomic E-state index is 12.6. The monoisotopic (exact) mass is 394 g/mol. The van der Waals surface area contributed by atoms with E-state index in [-0.39, 0.29) is 22.7 Å². The topological polar surface area (TPSA) is 75.7 Å².